The molecule has 202 valence electrons. The molecule has 0 spiro atoms. The van der Waals surface area contributed by atoms with Crippen LogP contribution >= 0.6 is 0 Å². The smallest absolute Gasteiger partial charge is 0.344 e. The number of hydrogen-bond acceptors (Lipinski definition) is 4. The number of benzene rings is 1. The standard InChI is InChI=1S/C32H51NO3/c1-13-33(29(6,7)8)24(4)17-18-25(5)36-28(34)32(35,26-19-16-22(2)23(3)21-26)27-15-14-20-30(9,10)31(27,11)12/h16,19,21,24-25,27,35H,13-15,20H2,1-12H3. The number of nitrogens with zero attached hydrogens (tertiary/aromatic N) is 1. The maximum Gasteiger partial charge on any atom is 0.344 e. The molecule has 0 saturated heterocycles. The minimum atomic E-state index is -1.75. The predicted octanol–water partition coefficient (Wildman–Crippen LogP) is 6.79. The Morgan fingerprint density at radius 1 is 1.14 bits per heavy atom. The van der Waals surface area contributed by atoms with E-state index in [2.05, 4.69) is 79.1 Å². The van der Waals surface area contributed by atoms with E-state index in [9.17, 15) is 9.90 Å². The van der Waals surface area contributed by atoms with Crippen LogP contribution in [0.25, 0.3) is 0 Å². The summed E-state index contributed by atoms with van der Waals surface area (Å²) in [6, 6.07) is 5.85. The monoisotopic (exact) mass is 497 g/mol. The van der Waals surface area contributed by atoms with Gasteiger partial charge in [0.15, 0.2) is 11.7 Å². The highest BCUT2D eigenvalue weighted by Gasteiger charge is 2.58. The second-order valence-electron chi connectivity index (χ2n) is 13.1. The summed E-state index contributed by atoms with van der Waals surface area (Å²) in [5.41, 5.74) is 0.732. The number of aliphatic hydroxyl groups is 1. The molecule has 1 aliphatic carbocycles. The first-order chi connectivity index (χ1) is 16.4. The van der Waals surface area contributed by atoms with Crippen LogP contribution in [0.15, 0.2) is 18.2 Å². The van der Waals surface area contributed by atoms with E-state index in [1.807, 2.05) is 32.0 Å². The molecule has 0 amide bonds. The Bertz CT molecular complexity index is 991. The maximum absolute atomic E-state index is 13.9. The van der Waals surface area contributed by atoms with E-state index >= 15 is 0 Å². The van der Waals surface area contributed by atoms with Crippen molar-refractivity contribution in [2.45, 2.75) is 126 Å². The van der Waals surface area contributed by atoms with Crippen molar-refractivity contribution in [1.29, 1.82) is 0 Å². The van der Waals surface area contributed by atoms with Gasteiger partial charge in [-0.2, -0.15) is 0 Å². The van der Waals surface area contributed by atoms with Crippen LogP contribution in [0.4, 0.5) is 0 Å². The summed E-state index contributed by atoms with van der Waals surface area (Å²) in [5.74, 6) is 5.54. The van der Waals surface area contributed by atoms with Gasteiger partial charge in [-0.3, -0.25) is 4.90 Å². The van der Waals surface area contributed by atoms with Gasteiger partial charge in [0.25, 0.3) is 0 Å². The van der Waals surface area contributed by atoms with Crippen LogP contribution < -0.4 is 0 Å². The van der Waals surface area contributed by atoms with Gasteiger partial charge < -0.3 is 9.84 Å². The van der Waals surface area contributed by atoms with Crippen molar-refractivity contribution >= 4 is 5.97 Å². The van der Waals surface area contributed by atoms with Gasteiger partial charge in [0.1, 0.15) is 0 Å². The topological polar surface area (TPSA) is 49.8 Å². The molecular formula is C32H51NO3. The molecule has 0 bridgehead atoms. The lowest BCUT2D eigenvalue weighted by molar-refractivity contribution is -0.194. The number of carbonyl (C=O) groups is 1. The van der Waals surface area contributed by atoms with Crippen LogP contribution in [-0.2, 0) is 15.1 Å². The van der Waals surface area contributed by atoms with E-state index < -0.39 is 17.7 Å². The first kappa shape index (κ1) is 30.4. The Hall–Kier alpha value is -1.83. The Balaban J connectivity index is 2.46. The molecule has 0 aromatic heterocycles. The number of carbonyl (C=O) groups excluding carboxylic acids is 1. The minimum absolute atomic E-state index is 0.00825. The van der Waals surface area contributed by atoms with Crippen LogP contribution in [0, 0.1) is 42.4 Å². The van der Waals surface area contributed by atoms with Crippen LogP contribution in [-0.4, -0.2) is 40.2 Å². The van der Waals surface area contributed by atoms with Crippen LogP contribution in [0.2, 0.25) is 0 Å². The zero-order valence-corrected chi connectivity index (χ0v) is 25.0. The van der Waals surface area contributed by atoms with Crippen molar-refractivity contribution in [2.24, 2.45) is 16.7 Å². The van der Waals surface area contributed by atoms with Crippen molar-refractivity contribution in [3.05, 3.63) is 34.9 Å². The minimum Gasteiger partial charge on any atom is -0.447 e. The SMILES string of the molecule is CCN(C(C)C#CC(C)OC(=O)C(O)(c1ccc(C)c(C)c1)C1CCCC(C)(C)C1(C)C)C(C)(C)C. The summed E-state index contributed by atoms with van der Waals surface area (Å²) >= 11 is 0. The highest BCUT2D eigenvalue weighted by Crippen LogP contribution is 2.58. The summed E-state index contributed by atoms with van der Waals surface area (Å²) in [7, 11) is 0. The molecular weight excluding hydrogens is 446 g/mol. The second kappa shape index (κ2) is 10.9. The molecule has 4 unspecified atom stereocenters. The molecule has 0 heterocycles. The summed E-state index contributed by atoms with van der Waals surface area (Å²) in [5, 5.41) is 12.4. The van der Waals surface area contributed by atoms with Crippen molar-refractivity contribution in [3.63, 3.8) is 0 Å². The van der Waals surface area contributed by atoms with Crippen molar-refractivity contribution in [1.82, 2.24) is 4.90 Å². The van der Waals surface area contributed by atoms with Gasteiger partial charge in [-0.25, -0.2) is 4.79 Å². The number of hydrogen-bond donors (Lipinski definition) is 1. The highest BCUT2D eigenvalue weighted by molar-refractivity contribution is 5.82. The quantitative estimate of drug-likeness (QED) is 0.347. The third-order valence-electron chi connectivity index (χ3n) is 9.12. The molecule has 2 rings (SSSR count). The number of esters is 1. The molecule has 0 aliphatic heterocycles. The predicted molar refractivity (Wildman–Crippen MR) is 150 cm³/mol. The van der Waals surface area contributed by atoms with Gasteiger partial charge >= 0.3 is 5.97 Å². The Kier molecular flexibility index (Phi) is 9.19. The van der Waals surface area contributed by atoms with Gasteiger partial charge in [-0.05, 0) is 95.4 Å². The fourth-order valence-corrected chi connectivity index (χ4v) is 6.00. The van der Waals surface area contributed by atoms with Gasteiger partial charge in [-0.1, -0.05) is 71.1 Å². The van der Waals surface area contributed by atoms with Gasteiger partial charge in [-0.15, -0.1) is 0 Å². The molecule has 0 radical (unpaired) electrons. The molecule has 1 aliphatic rings. The number of aryl methyl sites for hydroxylation is 2. The molecule has 36 heavy (non-hydrogen) atoms. The van der Waals surface area contributed by atoms with E-state index in [-0.39, 0.29) is 28.3 Å². The molecule has 1 aromatic carbocycles. The lowest BCUT2D eigenvalue weighted by atomic mass is 9.50. The van der Waals surface area contributed by atoms with Crippen LogP contribution in [0.3, 0.4) is 0 Å². The van der Waals surface area contributed by atoms with Gasteiger partial charge in [0, 0.05) is 11.5 Å². The lowest BCUT2D eigenvalue weighted by Gasteiger charge is -2.55. The molecule has 1 aromatic rings. The van der Waals surface area contributed by atoms with E-state index in [0.717, 1.165) is 36.9 Å². The molecule has 4 atom stereocenters. The van der Waals surface area contributed by atoms with E-state index in [0.29, 0.717) is 5.56 Å². The Labute approximate surface area is 221 Å². The normalized spacial score (nSPS) is 22.7. The van der Waals surface area contributed by atoms with Crippen molar-refractivity contribution in [2.75, 3.05) is 6.54 Å². The average molecular weight is 498 g/mol. The Morgan fingerprint density at radius 3 is 2.28 bits per heavy atom. The van der Waals surface area contributed by atoms with Crippen molar-refractivity contribution < 1.29 is 14.6 Å². The molecule has 1 N–H and O–H groups in total. The van der Waals surface area contributed by atoms with E-state index in [1.165, 1.54) is 0 Å². The van der Waals surface area contributed by atoms with Gasteiger partial charge in [0.2, 0.25) is 0 Å². The largest absolute Gasteiger partial charge is 0.447 e. The van der Waals surface area contributed by atoms with Crippen molar-refractivity contribution in [3.8, 4) is 11.8 Å². The summed E-state index contributed by atoms with van der Waals surface area (Å²) in [4.78, 5) is 16.2. The van der Waals surface area contributed by atoms with E-state index in [4.69, 9.17) is 4.74 Å². The highest BCUT2D eigenvalue weighted by atomic mass is 16.6. The van der Waals surface area contributed by atoms with Crippen LogP contribution in [0.1, 0.15) is 105 Å². The summed E-state index contributed by atoms with van der Waals surface area (Å²) in [6.07, 6.45) is 2.17. The number of rotatable bonds is 6. The molecule has 4 heteroatoms. The molecule has 4 nitrogen and oxygen atoms in total. The Morgan fingerprint density at radius 2 is 1.75 bits per heavy atom. The zero-order valence-electron chi connectivity index (χ0n) is 25.0. The zero-order chi connectivity index (χ0) is 27.7. The van der Waals surface area contributed by atoms with E-state index in [1.54, 1.807) is 6.92 Å². The fourth-order valence-electron chi connectivity index (χ4n) is 6.00. The summed E-state index contributed by atoms with van der Waals surface area (Å²) < 4.78 is 5.92. The average Bonchev–Trinajstić information content (AvgIpc) is 2.75. The fraction of sp³-hybridized carbons (Fsp3) is 0.719. The maximum atomic E-state index is 13.9. The van der Waals surface area contributed by atoms with Crippen LogP contribution in [0.5, 0.6) is 0 Å². The third-order valence-corrected chi connectivity index (χ3v) is 9.12. The van der Waals surface area contributed by atoms with Gasteiger partial charge in [0.05, 0.1) is 6.04 Å². The molecule has 1 fully saturated rings. The second-order valence-corrected chi connectivity index (χ2v) is 13.1. The number of ether oxygens (including phenoxy) is 1. The third kappa shape index (κ3) is 6.00. The lowest BCUT2D eigenvalue weighted by Crippen LogP contribution is -2.56. The molecule has 1 saturated carbocycles. The first-order valence-corrected chi connectivity index (χ1v) is 13.7. The summed E-state index contributed by atoms with van der Waals surface area (Å²) in [6.45, 7) is 26.3. The first-order valence-electron chi connectivity index (χ1n) is 13.7.